The maximum Gasteiger partial charge on any atom is 0.270 e. The molecule has 37 heavy (non-hydrogen) atoms. The fourth-order valence-corrected chi connectivity index (χ4v) is 5.38. The van der Waals surface area contributed by atoms with Crippen molar-refractivity contribution in [1.29, 1.82) is 0 Å². The van der Waals surface area contributed by atoms with Crippen molar-refractivity contribution in [3.8, 4) is 22.3 Å². The Morgan fingerprint density at radius 3 is 2.73 bits per heavy atom. The third kappa shape index (κ3) is 4.40. The number of nitrogens with zero attached hydrogens (tertiary/aromatic N) is 5. The highest BCUT2D eigenvalue weighted by atomic mass is 79.9. The normalized spacial score (nSPS) is 11.2. The maximum atomic E-state index is 13.2. The first-order valence-corrected chi connectivity index (χ1v) is 12.4. The van der Waals surface area contributed by atoms with Crippen LogP contribution in [0.25, 0.3) is 22.3 Å². The van der Waals surface area contributed by atoms with Gasteiger partial charge in [-0.2, -0.15) is 5.21 Å². The van der Waals surface area contributed by atoms with Gasteiger partial charge in [-0.15, -0.1) is 5.10 Å². The Morgan fingerprint density at radius 2 is 2.00 bits per heavy atom. The van der Waals surface area contributed by atoms with E-state index in [1.807, 2.05) is 22.8 Å². The Labute approximate surface area is 219 Å². The third-order valence-electron chi connectivity index (χ3n) is 6.13. The molecule has 2 aliphatic rings. The lowest BCUT2D eigenvalue weighted by atomic mass is 9.97. The van der Waals surface area contributed by atoms with E-state index >= 15 is 0 Å². The highest BCUT2D eigenvalue weighted by molar-refractivity contribution is 9.10. The molecule has 3 aromatic rings. The first-order chi connectivity index (χ1) is 17.9. The predicted octanol–water partition coefficient (Wildman–Crippen LogP) is 4.18. The number of H-pyrrole nitrogens is 1. The van der Waals surface area contributed by atoms with Gasteiger partial charge in [0, 0.05) is 27.6 Å². The van der Waals surface area contributed by atoms with Crippen LogP contribution in [0.3, 0.4) is 0 Å². The number of aromatic nitrogens is 6. The number of nitrogens with one attached hydrogen (secondary N) is 2. The number of rotatable bonds is 8. The maximum absolute atomic E-state index is 13.2. The van der Waals surface area contributed by atoms with E-state index in [4.69, 9.17) is 10.2 Å². The molecule has 0 bridgehead atoms. The topological polar surface area (TPSA) is 158 Å². The largest absolute Gasteiger partial charge is 0.472 e. The number of aryl methyl sites for hydroxylation is 2. The molecule has 3 heterocycles. The number of nitrogens with two attached hydrogens (primary N) is 1. The van der Waals surface area contributed by atoms with Crippen LogP contribution in [0.15, 0.2) is 51.7 Å². The van der Waals surface area contributed by atoms with Crippen LogP contribution in [0.4, 0.5) is 5.95 Å². The van der Waals surface area contributed by atoms with Crippen LogP contribution in [0, 0.1) is 6.92 Å². The summed E-state index contributed by atoms with van der Waals surface area (Å²) in [5.41, 5.74) is 11.2. The van der Waals surface area contributed by atoms with Crippen LogP contribution < -0.4 is 11.1 Å². The Kier molecular flexibility index (Phi) is 6.57. The Bertz CT molecular complexity index is 1570. The van der Waals surface area contributed by atoms with Crippen molar-refractivity contribution in [2.75, 3.05) is 5.32 Å². The average Bonchev–Trinajstić information content (AvgIpc) is 3.57. The van der Waals surface area contributed by atoms with Gasteiger partial charge in [0.05, 0.1) is 24.8 Å². The van der Waals surface area contributed by atoms with Gasteiger partial charge in [-0.25, -0.2) is 4.98 Å². The molecule has 0 fully saturated rings. The van der Waals surface area contributed by atoms with Crippen molar-refractivity contribution in [1.82, 2.24) is 30.2 Å². The van der Waals surface area contributed by atoms with Crippen LogP contribution in [0.2, 0.25) is 0 Å². The Hall–Kier alpha value is -4.32. The minimum atomic E-state index is -0.543. The van der Waals surface area contributed by atoms with Gasteiger partial charge >= 0.3 is 0 Å². The number of imidazole rings is 1. The number of aromatic amines is 1. The van der Waals surface area contributed by atoms with E-state index < -0.39 is 11.8 Å². The number of tetrazole rings is 1. The Morgan fingerprint density at radius 1 is 1.19 bits per heavy atom. The lowest BCUT2D eigenvalue weighted by Crippen LogP contribution is -2.20. The minimum Gasteiger partial charge on any atom is -0.472 e. The van der Waals surface area contributed by atoms with Crippen LogP contribution in [0.5, 0.6) is 0 Å². The van der Waals surface area contributed by atoms with Gasteiger partial charge < -0.3 is 14.7 Å². The molecular formula is C25H23BrN8O3. The summed E-state index contributed by atoms with van der Waals surface area (Å²) in [6.45, 7) is 4.15. The molecule has 0 saturated heterocycles. The molecule has 4 N–H and O–H groups in total. The van der Waals surface area contributed by atoms with Crippen LogP contribution in [-0.4, -0.2) is 42.0 Å². The number of anilines is 1. The second-order valence-corrected chi connectivity index (χ2v) is 9.24. The SMILES string of the molecule is CCCc1nc(C)c(C(N)=O)n1Cc1c2ccocc-2c(Br)c1-c1ccccc1C(=O)Nc1nn[nH]n1. The zero-order valence-corrected chi connectivity index (χ0v) is 21.7. The number of hydrogen-bond acceptors (Lipinski definition) is 7. The second-order valence-electron chi connectivity index (χ2n) is 8.45. The molecule has 188 valence electrons. The quantitative estimate of drug-likeness (QED) is 0.256. The zero-order chi connectivity index (χ0) is 26.1. The van der Waals surface area contributed by atoms with Gasteiger partial charge in [0.1, 0.15) is 11.5 Å². The predicted molar refractivity (Wildman–Crippen MR) is 139 cm³/mol. The van der Waals surface area contributed by atoms with Crippen molar-refractivity contribution >= 4 is 33.7 Å². The summed E-state index contributed by atoms with van der Waals surface area (Å²) in [6.07, 6.45) is 4.78. The molecule has 0 radical (unpaired) electrons. The highest BCUT2D eigenvalue weighted by Gasteiger charge is 2.28. The molecule has 1 aromatic carbocycles. The Balaban J connectivity index is 1.71. The molecule has 2 aromatic heterocycles. The van der Waals surface area contributed by atoms with Crippen molar-refractivity contribution in [2.45, 2.75) is 33.2 Å². The number of primary amides is 1. The lowest BCUT2D eigenvalue weighted by Gasteiger charge is -2.15. The molecule has 1 aliphatic carbocycles. The molecule has 0 saturated carbocycles. The summed E-state index contributed by atoms with van der Waals surface area (Å²) < 4.78 is 8.11. The van der Waals surface area contributed by atoms with E-state index in [0.29, 0.717) is 35.5 Å². The molecule has 2 amide bonds. The molecule has 0 atom stereocenters. The number of amides is 2. The van der Waals surface area contributed by atoms with E-state index in [1.165, 1.54) is 0 Å². The molecule has 0 spiro atoms. The van der Waals surface area contributed by atoms with Crippen molar-refractivity contribution in [3.63, 3.8) is 0 Å². The first kappa shape index (κ1) is 24.4. The van der Waals surface area contributed by atoms with Crippen LogP contribution in [-0.2, 0) is 13.0 Å². The lowest BCUT2D eigenvalue weighted by molar-refractivity contribution is 0.0989. The summed E-state index contributed by atoms with van der Waals surface area (Å²) in [6, 6.07) is 9.10. The van der Waals surface area contributed by atoms with E-state index in [-0.39, 0.29) is 5.95 Å². The number of hydrogen-bond donors (Lipinski definition) is 3. The van der Waals surface area contributed by atoms with E-state index in [1.54, 1.807) is 31.6 Å². The number of carbonyl (C=O) groups is 2. The first-order valence-electron chi connectivity index (χ1n) is 11.6. The van der Waals surface area contributed by atoms with Crippen molar-refractivity contribution < 1.29 is 14.0 Å². The number of carbonyl (C=O) groups excluding carboxylic acids is 2. The summed E-state index contributed by atoms with van der Waals surface area (Å²) in [7, 11) is 0. The number of benzene rings is 1. The van der Waals surface area contributed by atoms with E-state index in [0.717, 1.165) is 39.0 Å². The summed E-state index contributed by atoms with van der Waals surface area (Å²) in [5.74, 6) is -0.102. The van der Waals surface area contributed by atoms with Gasteiger partial charge in [0.2, 0.25) is 0 Å². The van der Waals surface area contributed by atoms with Gasteiger partial charge in [-0.3, -0.25) is 14.9 Å². The smallest absolute Gasteiger partial charge is 0.270 e. The van der Waals surface area contributed by atoms with Gasteiger partial charge in [0.15, 0.2) is 0 Å². The number of halogens is 1. The van der Waals surface area contributed by atoms with Crippen molar-refractivity contribution in [3.05, 3.63) is 75.7 Å². The second kappa shape index (κ2) is 9.97. The molecule has 0 unspecified atom stereocenters. The molecule has 11 nitrogen and oxygen atoms in total. The van der Waals surface area contributed by atoms with E-state index in [9.17, 15) is 9.59 Å². The highest BCUT2D eigenvalue weighted by Crippen LogP contribution is 2.47. The fourth-order valence-electron chi connectivity index (χ4n) is 4.62. The van der Waals surface area contributed by atoms with Gasteiger partial charge in [-0.1, -0.05) is 30.2 Å². The van der Waals surface area contributed by atoms with Gasteiger partial charge in [-0.05, 0) is 63.3 Å². The summed E-state index contributed by atoms with van der Waals surface area (Å²) in [5, 5.41) is 16.1. The number of fused-ring (bicyclic) bond motifs is 1. The average molecular weight is 563 g/mol. The molecular weight excluding hydrogens is 540 g/mol. The standard InChI is InChI=1S/C25H23BrN8O3/c1-3-6-19-28-13(2)22(23(27)35)34(19)11-17-14-9-10-37-12-18(14)21(26)20(17)15-7-4-5-8-16(15)24(36)29-25-30-32-33-31-25/h4-5,7-10,12H,3,6,11H2,1-2H3,(H2,27,35)(H2,29,30,31,32,33,36). The van der Waals surface area contributed by atoms with E-state index in [2.05, 4.69) is 53.8 Å². The monoisotopic (exact) mass is 562 g/mol. The van der Waals surface area contributed by atoms with Crippen LogP contribution >= 0.6 is 15.9 Å². The molecule has 1 aliphatic heterocycles. The van der Waals surface area contributed by atoms with Gasteiger partial charge in [0.25, 0.3) is 17.8 Å². The third-order valence-corrected chi connectivity index (χ3v) is 6.95. The molecule has 12 heteroatoms. The van der Waals surface area contributed by atoms with Crippen LogP contribution in [0.1, 0.15) is 51.3 Å². The summed E-state index contributed by atoms with van der Waals surface area (Å²) >= 11 is 3.75. The van der Waals surface area contributed by atoms with Crippen molar-refractivity contribution in [2.24, 2.45) is 5.73 Å². The molecule has 5 rings (SSSR count). The fraction of sp³-hybridized carbons (Fsp3) is 0.200. The zero-order valence-electron chi connectivity index (χ0n) is 20.1. The summed E-state index contributed by atoms with van der Waals surface area (Å²) in [4.78, 5) is 30.3. The minimum absolute atomic E-state index is 0.0646.